The number of alkyl halides is 6. The van der Waals surface area contributed by atoms with Gasteiger partial charge in [-0.05, 0) is 0 Å². The molecule has 1 aromatic heterocycles. The van der Waals surface area contributed by atoms with Crippen LogP contribution in [0.15, 0.2) is 15.8 Å². The molecule has 0 aliphatic carbocycles. The van der Waals surface area contributed by atoms with Crippen molar-refractivity contribution in [3.63, 3.8) is 0 Å². The summed E-state index contributed by atoms with van der Waals surface area (Å²) in [6.45, 7) is -5.64. The van der Waals surface area contributed by atoms with Gasteiger partial charge in [-0.25, -0.2) is 4.79 Å². The number of H-pyrrole nitrogens is 1. The van der Waals surface area contributed by atoms with Crippen LogP contribution in [0.4, 0.5) is 30.7 Å². The molecule has 0 amide bonds. The molecule has 156 valence electrons. The van der Waals surface area contributed by atoms with Crippen LogP contribution in [0, 0.1) is 5.82 Å². The van der Waals surface area contributed by atoms with Crippen LogP contribution in [0.25, 0.3) is 0 Å². The molecule has 0 saturated heterocycles. The second kappa shape index (κ2) is 8.99. The first kappa shape index (κ1) is 23.3. The van der Waals surface area contributed by atoms with Crippen molar-refractivity contribution in [2.24, 2.45) is 0 Å². The molecule has 1 N–H and O–H groups in total. The molecule has 0 saturated carbocycles. The fourth-order valence-electron chi connectivity index (χ4n) is 1.48. The average Bonchev–Trinajstić information content (AvgIpc) is 2.53. The van der Waals surface area contributed by atoms with Crippen molar-refractivity contribution in [3.8, 4) is 0 Å². The molecular weight excluding hydrogens is 420 g/mol. The maximum absolute atomic E-state index is 13.0. The average molecular weight is 432 g/mol. The summed E-state index contributed by atoms with van der Waals surface area (Å²) < 4.78 is 110. The Bertz CT molecular complexity index is 765. The molecule has 1 rings (SSSR count). The summed E-state index contributed by atoms with van der Waals surface area (Å²) in [6, 6.07) is 0. The third-order valence-electron chi connectivity index (χ3n) is 2.58. The van der Waals surface area contributed by atoms with Crippen LogP contribution >= 0.6 is 7.60 Å². The highest BCUT2D eigenvalue weighted by Gasteiger charge is 2.38. The van der Waals surface area contributed by atoms with E-state index in [1.807, 2.05) is 4.98 Å². The molecular formula is C11H12F7N2O6P. The monoisotopic (exact) mass is 432 g/mol. The van der Waals surface area contributed by atoms with Crippen LogP contribution in [0.2, 0.25) is 0 Å². The number of aromatic amines is 1. The van der Waals surface area contributed by atoms with Gasteiger partial charge in [0.1, 0.15) is 6.35 Å². The molecule has 1 aromatic rings. The van der Waals surface area contributed by atoms with Gasteiger partial charge < -0.3 is 9.72 Å². The molecule has 0 atom stereocenters. The summed E-state index contributed by atoms with van der Waals surface area (Å²) in [4.78, 5) is 24.6. The second-order valence-electron chi connectivity index (χ2n) is 4.82. The quantitative estimate of drug-likeness (QED) is 0.364. The SMILES string of the molecule is O=c1[nH]cc(F)c(=O)n1CCOCP(=O)(OCC(F)(F)F)OCC(F)(F)F. The molecule has 0 aromatic carbocycles. The third-order valence-corrected chi connectivity index (χ3v) is 4.12. The third kappa shape index (κ3) is 8.69. The molecule has 0 aliphatic heterocycles. The minimum atomic E-state index is -5.00. The number of hydrogen-bond donors (Lipinski definition) is 1. The first-order valence-electron chi connectivity index (χ1n) is 6.80. The molecule has 8 nitrogen and oxygen atoms in total. The smallest absolute Gasteiger partial charge is 0.367 e. The Morgan fingerprint density at radius 1 is 1.04 bits per heavy atom. The molecule has 16 heteroatoms. The summed E-state index contributed by atoms with van der Waals surface area (Å²) >= 11 is 0. The number of hydrogen-bond acceptors (Lipinski definition) is 6. The standard InChI is InChI=1S/C11H12F7N2O6P/c12-7-3-19-9(22)20(8(7)21)1-2-24-6-27(23,25-4-10(13,14)15)26-5-11(16,17)18/h3H,1-2,4-6H2,(H,19,22). The highest BCUT2D eigenvalue weighted by molar-refractivity contribution is 7.53. The molecule has 0 fully saturated rings. The molecule has 0 bridgehead atoms. The highest BCUT2D eigenvalue weighted by Crippen LogP contribution is 2.50. The van der Waals surface area contributed by atoms with Crippen LogP contribution < -0.4 is 11.2 Å². The number of rotatable bonds is 9. The van der Waals surface area contributed by atoms with Gasteiger partial charge >= 0.3 is 25.6 Å². The first-order chi connectivity index (χ1) is 12.2. The molecule has 0 spiro atoms. The number of nitrogens with zero attached hydrogens (tertiary/aromatic N) is 1. The number of nitrogens with one attached hydrogen (secondary N) is 1. The highest BCUT2D eigenvalue weighted by atomic mass is 31.2. The lowest BCUT2D eigenvalue weighted by Gasteiger charge is -2.20. The van der Waals surface area contributed by atoms with Gasteiger partial charge in [-0.2, -0.15) is 30.7 Å². The topological polar surface area (TPSA) is 99.6 Å². The van der Waals surface area contributed by atoms with E-state index in [1.54, 1.807) is 0 Å². The molecule has 27 heavy (non-hydrogen) atoms. The number of ether oxygens (including phenoxy) is 1. The van der Waals surface area contributed by atoms with Gasteiger partial charge in [-0.3, -0.25) is 23.0 Å². The van der Waals surface area contributed by atoms with Crippen LogP contribution in [0.5, 0.6) is 0 Å². The Hall–Kier alpha value is -1.70. The Balaban J connectivity index is 2.71. The van der Waals surface area contributed by atoms with E-state index in [1.165, 1.54) is 0 Å². The van der Waals surface area contributed by atoms with Crippen molar-refractivity contribution in [2.45, 2.75) is 18.9 Å². The van der Waals surface area contributed by atoms with E-state index in [9.17, 15) is 44.9 Å². The fraction of sp³-hybridized carbons (Fsp3) is 0.636. The van der Waals surface area contributed by atoms with Crippen LogP contribution in [0.3, 0.4) is 0 Å². The van der Waals surface area contributed by atoms with Crippen molar-refractivity contribution < 1.29 is 49.1 Å². The van der Waals surface area contributed by atoms with E-state index in [2.05, 4.69) is 13.8 Å². The zero-order valence-electron chi connectivity index (χ0n) is 13.1. The zero-order chi connectivity index (χ0) is 20.9. The summed E-state index contributed by atoms with van der Waals surface area (Å²) in [7, 11) is -4.98. The fourth-order valence-corrected chi connectivity index (χ4v) is 2.74. The van der Waals surface area contributed by atoms with Crippen molar-refractivity contribution in [3.05, 3.63) is 32.9 Å². The van der Waals surface area contributed by atoms with Crippen LogP contribution in [0.1, 0.15) is 0 Å². The summed E-state index contributed by atoms with van der Waals surface area (Å²) in [5.74, 6) is -1.32. The van der Waals surface area contributed by atoms with Gasteiger partial charge in [0.2, 0.25) is 5.82 Å². The number of halogens is 7. The van der Waals surface area contributed by atoms with Crippen molar-refractivity contribution in [2.75, 3.05) is 26.2 Å². The van der Waals surface area contributed by atoms with Crippen LogP contribution in [-0.4, -0.2) is 48.1 Å². The normalized spacial score (nSPS) is 13.1. The van der Waals surface area contributed by atoms with Gasteiger partial charge in [0.25, 0.3) is 5.56 Å². The second-order valence-corrected chi connectivity index (χ2v) is 6.82. The van der Waals surface area contributed by atoms with Crippen molar-refractivity contribution >= 4 is 7.60 Å². The summed E-state index contributed by atoms with van der Waals surface area (Å²) in [5.41, 5.74) is -2.39. The minimum absolute atomic E-state index is 0.313. The van der Waals surface area contributed by atoms with Gasteiger partial charge in [-0.1, -0.05) is 0 Å². The van der Waals surface area contributed by atoms with E-state index in [4.69, 9.17) is 0 Å². The van der Waals surface area contributed by atoms with E-state index in [0.29, 0.717) is 10.8 Å². The largest absolute Gasteiger partial charge is 0.412 e. The van der Waals surface area contributed by atoms with Gasteiger partial charge in [0.15, 0.2) is 13.2 Å². The first-order valence-corrected chi connectivity index (χ1v) is 8.53. The maximum Gasteiger partial charge on any atom is 0.412 e. The van der Waals surface area contributed by atoms with Gasteiger partial charge in [0.05, 0.1) is 13.2 Å². The minimum Gasteiger partial charge on any atom is -0.367 e. The van der Waals surface area contributed by atoms with Crippen molar-refractivity contribution in [1.82, 2.24) is 9.55 Å². The van der Waals surface area contributed by atoms with E-state index < -0.39 is 69.7 Å². The molecule has 0 unspecified atom stereocenters. The zero-order valence-corrected chi connectivity index (χ0v) is 14.0. The van der Waals surface area contributed by atoms with E-state index in [0.717, 1.165) is 0 Å². The predicted molar refractivity (Wildman–Crippen MR) is 73.7 cm³/mol. The lowest BCUT2D eigenvalue weighted by atomic mass is 10.5. The van der Waals surface area contributed by atoms with Crippen molar-refractivity contribution in [1.29, 1.82) is 0 Å². The lowest BCUT2D eigenvalue weighted by Crippen LogP contribution is -2.37. The van der Waals surface area contributed by atoms with E-state index >= 15 is 0 Å². The Morgan fingerprint density at radius 3 is 2.04 bits per heavy atom. The predicted octanol–water partition coefficient (Wildman–Crippen LogP) is 2.00. The molecule has 0 aliphatic rings. The van der Waals surface area contributed by atoms with E-state index in [-0.39, 0.29) is 0 Å². The maximum atomic E-state index is 13.0. The molecule has 1 heterocycles. The van der Waals surface area contributed by atoms with Crippen LogP contribution in [-0.2, 0) is 24.9 Å². The number of aromatic nitrogens is 2. The Kier molecular flexibility index (Phi) is 7.77. The Morgan fingerprint density at radius 2 is 1.56 bits per heavy atom. The summed E-state index contributed by atoms with van der Waals surface area (Å²) in [5, 5.41) is 0. The molecule has 0 radical (unpaired) electrons. The van der Waals surface area contributed by atoms with Gasteiger partial charge in [-0.15, -0.1) is 0 Å². The summed E-state index contributed by atoms with van der Waals surface area (Å²) in [6.07, 6.45) is -10.8. The Labute approximate surface area is 145 Å². The lowest BCUT2D eigenvalue weighted by molar-refractivity contribution is -0.166. The van der Waals surface area contributed by atoms with Gasteiger partial charge in [0, 0.05) is 6.20 Å².